The van der Waals surface area contributed by atoms with Crippen LogP contribution >= 0.6 is 0 Å². The quantitative estimate of drug-likeness (QED) is 0.567. The van der Waals surface area contributed by atoms with E-state index < -0.39 is 6.43 Å². The second-order valence-corrected chi connectivity index (χ2v) is 1.00. The summed E-state index contributed by atoms with van der Waals surface area (Å²) in [7, 11) is 0. The zero-order chi connectivity index (χ0) is 5.70. The molecule has 0 saturated carbocycles. The lowest BCUT2D eigenvalue weighted by Crippen LogP contribution is -2.13. The van der Waals surface area contributed by atoms with Crippen LogP contribution in [0.15, 0.2) is 12.8 Å². The predicted octanol–water partition coefficient (Wildman–Crippen LogP) is 0.985. The van der Waals surface area contributed by atoms with E-state index in [4.69, 9.17) is 0 Å². The highest BCUT2D eigenvalue weighted by Crippen LogP contribution is 1.85. The van der Waals surface area contributed by atoms with Gasteiger partial charge in [0.15, 0.2) is 0 Å². The SMILES string of the molecule is C=CNCC(F)F. The van der Waals surface area contributed by atoms with E-state index in [2.05, 4.69) is 11.9 Å². The van der Waals surface area contributed by atoms with Crippen LogP contribution in [0.5, 0.6) is 0 Å². The maximum atomic E-state index is 11.1. The Labute approximate surface area is 41.0 Å². The highest BCUT2D eigenvalue weighted by molar-refractivity contribution is 4.62. The predicted molar refractivity (Wildman–Crippen MR) is 24.2 cm³/mol. The summed E-state index contributed by atoms with van der Waals surface area (Å²) < 4.78 is 22.2. The van der Waals surface area contributed by atoms with E-state index in [9.17, 15) is 8.78 Å². The first-order chi connectivity index (χ1) is 3.27. The molecule has 1 N–H and O–H groups in total. The van der Waals surface area contributed by atoms with Crippen LogP contribution in [0.25, 0.3) is 0 Å². The second-order valence-electron chi connectivity index (χ2n) is 1.00. The summed E-state index contributed by atoms with van der Waals surface area (Å²) in [4.78, 5) is 0. The van der Waals surface area contributed by atoms with E-state index in [0.717, 1.165) is 0 Å². The molecule has 7 heavy (non-hydrogen) atoms. The number of rotatable bonds is 3. The Morgan fingerprint density at radius 1 is 1.71 bits per heavy atom. The average molecular weight is 107 g/mol. The van der Waals surface area contributed by atoms with Crippen LogP contribution in [-0.4, -0.2) is 13.0 Å². The standard InChI is InChI=1S/C4H7F2N/c1-2-7-3-4(5)6/h2,4,7H,1,3H2. The van der Waals surface area contributed by atoms with E-state index in [1.165, 1.54) is 6.20 Å². The third kappa shape index (κ3) is 5.40. The summed E-state index contributed by atoms with van der Waals surface area (Å²) in [6.07, 6.45) is -1.04. The minimum Gasteiger partial charge on any atom is -0.386 e. The van der Waals surface area contributed by atoms with Gasteiger partial charge in [0.2, 0.25) is 0 Å². The Kier molecular flexibility index (Phi) is 3.28. The third-order valence-corrected chi connectivity index (χ3v) is 0.416. The number of nitrogens with one attached hydrogen (secondary N) is 1. The van der Waals surface area contributed by atoms with Crippen molar-refractivity contribution in [3.05, 3.63) is 12.8 Å². The second kappa shape index (κ2) is 3.59. The Bertz CT molecular complexity index is 53.7. The molecular weight excluding hydrogens is 100 g/mol. The summed E-state index contributed by atoms with van der Waals surface area (Å²) in [5, 5.41) is 2.26. The van der Waals surface area contributed by atoms with Crippen molar-refractivity contribution in [2.75, 3.05) is 6.54 Å². The maximum absolute atomic E-state index is 11.1. The summed E-state index contributed by atoms with van der Waals surface area (Å²) in [6, 6.07) is 0. The molecule has 0 atom stereocenters. The topological polar surface area (TPSA) is 12.0 Å². The molecule has 0 fully saturated rings. The van der Waals surface area contributed by atoms with Crippen LogP contribution < -0.4 is 5.32 Å². The molecule has 0 aromatic heterocycles. The molecule has 0 heterocycles. The molecule has 0 amide bonds. The molecule has 0 rings (SSSR count). The number of halogens is 2. The average Bonchev–Trinajstić information content (AvgIpc) is 1.61. The molecule has 0 aromatic carbocycles. The fraction of sp³-hybridized carbons (Fsp3) is 0.500. The molecule has 0 spiro atoms. The molecule has 0 aromatic rings. The number of hydrogen-bond acceptors (Lipinski definition) is 1. The van der Waals surface area contributed by atoms with Gasteiger partial charge in [-0.05, 0) is 6.20 Å². The highest BCUT2D eigenvalue weighted by Gasteiger charge is 1.95. The fourth-order valence-electron chi connectivity index (χ4n) is 0.172. The molecule has 42 valence electrons. The van der Waals surface area contributed by atoms with Gasteiger partial charge >= 0.3 is 0 Å². The zero-order valence-electron chi connectivity index (χ0n) is 3.82. The van der Waals surface area contributed by atoms with E-state index in [-0.39, 0.29) is 6.54 Å². The molecule has 0 saturated heterocycles. The fourth-order valence-corrected chi connectivity index (χ4v) is 0.172. The first kappa shape index (κ1) is 6.40. The van der Waals surface area contributed by atoms with Gasteiger partial charge in [-0.2, -0.15) is 0 Å². The van der Waals surface area contributed by atoms with Gasteiger partial charge in [0.1, 0.15) is 0 Å². The van der Waals surface area contributed by atoms with Crippen LogP contribution in [0.1, 0.15) is 0 Å². The molecule has 0 radical (unpaired) electrons. The lowest BCUT2D eigenvalue weighted by molar-refractivity contribution is 0.151. The Hall–Kier alpha value is -0.600. The van der Waals surface area contributed by atoms with Gasteiger partial charge in [-0.1, -0.05) is 6.58 Å². The van der Waals surface area contributed by atoms with Crippen molar-refractivity contribution in [2.24, 2.45) is 0 Å². The van der Waals surface area contributed by atoms with Crippen molar-refractivity contribution in [1.29, 1.82) is 0 Å². The van der Waals surface area contributed by atoms with E-state index in [1.54, 1.807) is 0 Å². The van der Waals surface area contributed by atoms with Crippen molar-refractivity contribution < 1.29 is 8.78 Å². The summed E-state index contributed by atoms with van der Waals surface area (Å²) in [5.41, 5.74) is 0. The Morgan fingerprint density at radius 2 is 2.29 bits per heavy atom. The number of hydrogen-bond donors (Lipinski definition) is 1. The summed E-state index contributed by atoms with van der Waals surface area (Å²) >= 11 is 0. The van der Waals surface area contributed by atoms with Gasteiger partial charge in [-0.3, -0.25) is 0 Å². The van der Waals surface area contributed by atoms with Gasteiger partial charge in [-0.25, -0.2) is 8.78 Å². The van der Waals surface area contributed by atoms with Crippen molar-refractivity contribution in [1.82, 2.24) is 5.32 Å². The maximum Gasteiger partial charge on any atom is 0.255 e. The third-order valence-electron chi connectivity index (χ3n) is 0.416. The van der Waals surface area contributed by atoms with E-state index >= 15 is 0 Å². The van der Waals surface area contributed by atoms with E-state index in [1.807, 2.05) is 0 Å². The minimum atomic E-state index is -2.28. The van der Waals surface area contributed by atoms with Gasteiger partial charge < -0.3 is 5.32 Å². The molecule has 0 aliphatic rings. The smallest absolute Gasteiger partial charge is 0.255 e. The van der Waals surface area contributed by atoms with Crippen LogP contribution in [-0.2, 0) is 0 Å². The molecular formula is C4H7F2N. The van der Waals surface area contributed by atoms with E-state index in [0.29, 0.717) is 0 Å². The molecule has 3 heteroatoms. The van der Waals surface area contributed by atoms with Crippen LogP contribution in [0.3, 0.4) is 0 Å². The van der Waals surface area contributed by atoms with Gasteiger partial charge in [-0.15, -0.1) is 0 Å². The first-order valence-corrected chi connectivity index (χ1v) is 1.90. The molecule has 0 aliphatic carbocycles. The van der Waals surface area contributed by atoms with Crippen molar-refractivity contribution in [3.8, 4) is 0 Å². The lowest BCUT2D eigenvalue weighted by Gasteiger charge is -1.94. The largest absolute Gasteiger partial charge is 0.386 e. The lowest BCUT2D eigenvalue weighted by atomic mass is 10.7. The highest BCUT2D eigenvalue weighted by atomic mass is 19.3. The summed E-state index contributed by atoms with van der Waals surface area (Å²) in [5.74, 6) is 0. The van der Waals surface area contributed by atoms with Crippen molar-refractivity contribution in [2.45, 2.75) is 6.43 Å². The Balaban J connectivity index is 2.81. The van der Waals surface area contributed by atoms with Crippen molar-refractivity contribution >= 4 is 0 Å². The monoisotopic (exact) mass is 107 g/mol. The van der Waals surface area contributed by atoms with Crippen molar-refractivity contribution in [3.63, 3.8) is 0 Å². The molecule has 0 unspecified atom stereocenters. The molecule has 0 bridgehead atoms. The van der Waals surface area contributed by atoms with Gasteiger partial charge in [0.05, 0.1) is 6.54 Å². The van der Waals surface area contributed by atoms with Gasteiger partial charge in [0, 0.05) is 0 Å². The Morgan fingerprint density at radius 3 is 2.43 bits per heavy atom. The molecule has 0 aliphatic heterocycles. The van der Waals surface area contributed by atoms with Crippen LogP contribution in [0.4, 0.5) is 8.78 Å². The zero-order valence-corrected chi connectivity index (χ0v) is 3.82. The summed E-state index contributed by atoms with van der Waals surface area (Å²) in [6.45, 7) is 2.89. The van der Waals surface area contributed by atoms with Crippen LogP contribution in [0, 0.1) is 0 Å². The molecule has 1 nitrogen and oxygen atoms in total. The first-order valence-electron chi connectivity index (χ1n) is 1.90. The minimum absolute atomic E-state index is 0.302. The van der Waals surface area contributed by atoms with Gasteiger partial charge in [0.25, 0.3) is 6.43 Å². The number of alkyl halides is 2. The normalized spacial score (nSPS) is 9.00. The van der Waals surface area contributed by atoms with Crippen LogP contribution in [0.2, 0.25) is 0 Å².